The molecule has 1 nitrogen and oxygen atoms in total. The molecule has 1 atom stereocenters. The minimum Gasteiger partial charge on any atom is -0.490 e. The highest BCUT2D eigenvalue weighted by atomic mass is 79.9. The van der Waals surface area contributed by atoms with Crippen LogP contribution in [0, 0.1) is 0 Å². The summed E-state index contributed by atoms with van der Waals surface area (Å²) in [6.45, 7) is 2.28. The molecule has 1 fully saturated rings. The summed E-state index contributed by atoms with van der Waals surface area (Å²) in [5.41, 5.74) is 0. The monoisotopic (exact) mass is 290 g/mol. The van der Waals surface area contributed by atoms with Gasteiger partial charge in [0.1, 0.15) is 0 Å². The Morgan fingerprint density at radius 3 is 2.67 bits per heavy atom. The number of halogens is 1. The fourth-order valence-corrected chi connectivity index (χ4v) is 6.00. The SMILES string of the molecule is CCCCCCC[CH2][Al]1[CH2]CCC(Br)[O]1. The third-order valence-electron chi connectivity index (χ3n) is 3.18. The first-order valence-electron chi connectivity index (χ1n) is 6.62. The van der Waals surface area contributed by atoms with Crippen molar-refractivity contribution in [2.24, 2.45) is 0 Å². The second-order valence-electron chi connectivity index (χ2n) is 4.66. The van der Waals surface area contributed by atoms with Crippen molar-refractivity contribution in [3.05, 3.63) is 0 Å². The molecule has 0 bridgehead atoms. The fourth-order valence-electron chi connectivity index (χ4n) is 2.22. The van der Waals surface area contributed by atoms with E-state index >= 15 is 0 Å². The average Bonchev–Trinajstić information content (AvgIpc) is 2.23. The van der Waals surface area contributed by atoms with Gasteiger partial charge in [-0.3, -0.25) is 0 Å². The van der Waals surface area contributed by atoms with Crippen molar-refractivity contribution in [2.75, 3.05) is 0 Å². The third kappa shape index (κ3) is 7.00. The smallest absolute Gasteiger partial charge is 0.461 e. The van der Waals surface area contributed by atoms with E-state index in [-0.39, 0.29) is 0 Å². The largest absolute Gasteiger partial charge is 0.490 e. The van der Waals surface area contributed by atoms with Gasteiger partial charge >= 0.3 is 14.5 Å². The highest BCUT2D eigenvalue weighted by molar-refractivity contribution is 9.09. The van der Waals surface area contributed by atoms with Crippen LogP contribution in [0.15, 0.2) is 0 Å². The van der Waals surface area contributed by atoms with Crippen molar-refractivity contribution in [3.8, 4) is 0 Å². The van der Waals surface area contributed by atoms with Gasteiger partial charge in [0.25, 0.3) is 0 Å². The normalized spacial score (nSPS) is 22.0. The van der Waals surface area contributed by atoms with Crippen LogP contribution in [0.1, 0.15) is 58.3 Å². The summed E-state index contributed by atoms with van der Waals surface area (Å²) in [6, 6.07) is 0. The maximum Gasteiger partial charge on any atom is 0.461 e. The third-order valence-corrected chi connectivity index (χ3v) is 7.07. The predicted octanol–water partition coefficient (Wildman–Crippen LogP) is 4.87. The van der Waals surface area contributed by atoms with E-state index in [1.807, 2.05) is 0 Å². The van der Waals surface area contributed by atoms with Gasteiger partial charge in [-0.15, -0.1) is 0 Å². The summed E-state index contributed by atoms with van der Waals surface area (Å²) in [7, 11) is 0. The van der Waals surface area contributed by atoms with E-state index in [9.17, 15) is 0 Å². The van der Waals surface area contributed by atoms with Gasteiger partial charge in [0.2, 0.25) is 0 Å². The molecule has 1 aliphatic rings. The first-order valence-corrected chi connectivity index (χ1v) is 9.64. The highest BCUT2D eigenvalue weighted by Crippen LogP contribution is 2.24. The Hall–Kier alpha value is 0.972. The molecule has 1 rings (SSSR count). The van der Waals surface area contributed by atoms with Gasteiger partial charge < -0.3 is 3.79 Å². The number of hydrogen-bond donors (Lipinski definition) is 0. The van der Waals surface area contributed by atoms with Crippen LogP contribution in [0.2, 0.25) is 10.6 Å². The second kappa shape index (κ2) is 9.05. The summed E-state index contributed by atoms with van der Waals surface area (Å²) in [4.78, 5) is 0. The molecule has 88 valence electrons. The molecule has 0 aromatic carbocycles. The lowest BCUT2D eigenvalue weighted by Crippen LogP contribution is -2.26. The van der Waals surface area contributed by atoms with Crippen LogP contribution in [0.3, 0.4) is 0 Å². The van der Waals surface area contributed by atoms with E-state index in [0.717, 1.165) is 0 Å². The summed E-state index contributed by atoms with van der Waals surface area (Å²) in [5.74, 6) is 0. The molecule has 1 saturated heterocycles. The van der Waals surface area contributed by atoms with Crippen molar-refractivity contribution < 1.29 is 3.79 Å². The van der Waals surface area contributed by atoms with E-state index in [0.29, 0.717) is 5.01 Å². The maximum atomic E-state index is 5.97. The summed E-state index contributed by atoms with van der Waals surface area (Å²) < 4.78 is 5.97. The predicted molar refractivity (Wildman–Crippen MR) is 71.8 cm³/mol. The lowest BCUT2D eigenvalue weighted by molar-refractivity contribution is 0.259. The van der Waals surface area contributed by atoms with Gasteiger partial charge in [0.05, 0.1) is 5.01 Å². The lowest BCUT2D eigenvalue weighted by atomic mass is 10.1. The summed E-state index contributed by atoms with van der Waals surface area (Å²) in [6.07, 6.45) is 11.1. The fraction of sp³-hybridized carbons (Fsp3) is 1.00. The van der Waals surface area contributed by atoms with Crippen LogP contribution < -0.4 is 0 Å². The van der Waals surface area contributed by atoms with Gasteiger partial charge in [-0.1, -0.05) is 78.4 Å². The molecule has 0 aliphatic carbocycles. The maximum absolute atomic E-state index is 5.97. The van der Waals surface area contributed by atoms with E-state index in [4.69, 9.17) is 3.79 Å². The standard InChI is InChI=1S/C8H17.C4H7BrO.Al/c1-3-5-7-8-6-4-2;1-2-3-4(5)6;/h1,3-8H2,2H3;4H,1-3H2;/q;-1;+1. The average molecular weight is 291 g/mol. The zero-order chi connectivity index (χ0) is 10.9. The molecule has 1 unspecified atom stereocenters. The van der Waals surface area contributed by atoms with Crippen molar-refractivity contribution in [2.45, 2.75) is 73.9 Å². The van der Waals surface area contributed by atoms with Gasteiger partial charge in [0.15, 0.2) is 0 Å². The molecule has 0 radical (unpaired) electrons. The van der Waals surface area contributed by atoms with Gasteiger partial charge in [-0.05, 0) is 6.42 Å². The zero-order valence-corrected chi connectivity index (χ0v) is 12.8. The van der Waals surface area contributed by atoms with E-state index < -0.39 is 14.5 Å². The molecule has 1 aliphatic heterocycles. The molecule has 0 saturated carbocycles. The molecule has 0 aromatic heterocycles. The molecule has 0 amide bonds. The van der Waals surface area contributed by atoms with Crippen LogP contribution in [-0.2, 0) is 3.79 Å². The number of unbranched alkanes of at least 4 members (excludes halogenated alkanes) is 5. The van der Waals surface area contributed by atoms with Gasteiger partial charge in [-0.2, -0.15) is 0 Å². The Labute approximate surface area is 108 Å². The number of rotatable bonds is 7. The van der Waals surface area contributed by atoms with E-state index in [1.165, 1.54) is 61.9 Å². The molecule has 0 aromatic rings. The van der Waals surface area contributed by atoms with Crippen LogP contribution in [0.25, 0.3) is 0 Å². The lowest BCUT2D eigenvalue weighted by Gasteiger charge is -2.23. The molecule has 1 heterocycles. The topological polar surface area (TPSA) is 9.23 Å². The zero-order valence-electron chi connectivity index (χ0n) is 10.0. The van der Waals surface area contributed by atoms with Gasteiger partial charge in [0, 0.05) is 0 Å². The molecule has 0 spiro atoms. The minimum atomic E-state index is -0.790. The number of alkyl halides is 1. The molecular formula is C12H24AlBrO. The highest BCUT2D eigenvalue weighted by Gasteiger charge is 2.26. The van der Waals surface area contributed by atoms with E-state index in [1.54, 1.807) is 0 Å². The molecule has 15 heavy (non-hydrogen) atoms. The first kappa shape index (κ1) is 14.0. The van der Waals surface area contributed by atoms with E-state index in [2.05, 4.69) is 22.9 Å². The minimum absolute atomic E-state index is 0.392. The van der Waals surface area contributed by atoms with Crippen molar-refractivity contribution in [3.63, 3.8) is 0 Å². The van der Waals surface area contributed by atoms with Gasteiger partial charge in [-0.25, -0.2) is 0 Å². The summed E-state index contributed by atoms with van der Waals surface area (Å²) >= 11 is 2.79. The molecule has 3 heteroatoms. The number of hydrogen-bond acceptors (Lipinski definition) is 1. The Morgan fingerprint density at radius 2 is 1.93 bits per heavy atom. The first-order chi connectivity index (χ1) is 7.33. The van der Waals surface area contributed by atoms with Crippen LogP contribution >= 0.6 is 15.9 Å². The molecule has 0 N–H and O–H groups in total. The molecular weight excluding hydrogens is 267 g/mol. The van der Waals surface area contributed by atoms with Crippen molar-refractivity contribution >= 4 is 30.4 Å². The summed E-state index contributed by atoms with van der Waals surface area (Å²) in [5, 5.41) is 3.22. The quantitative estimate of drug-likeness (QED) is 0.369. The Kier molecular flexibility index (Phi) is 8.47. The Balaban J connectivity index is 1.90. The van der Waals surface area contributed by atoms with Crippen LogP contribution in [-0.4, -0.2) is 19.5 Å². The van der Waals surface area contributed by atoms with Crippen molar-refractivity contribution in [1.29, 1.82) is 0 Å². The Bertz CT molecular complexity index is 155. The van der Waals surface area contributed by atoms with Crippen LogP contribution in [0.5, 0.6) is 0 Å². The second-order valence-corrected chi connectivity index (χ2v) is 8.35. The van der Waals surface area contributed by atoms with Crippen molar-refractivity contribution in [1.82, 2.24) is 0 Å². The Morgan fingerprint density at radius 1 is 1.20 bits per heavy atom. The van der Waals surface area contributed by atoms with Crippen LogP contribution in [0.4, 0.5) is 0 Å².